The van der Waals surface area contributed by atoms with Crippen molar-refractivity contribution < 1.29 is 23.8 Å². The van der Waals surface area contributed by atoms with Gasteiger partial charge in [0.2, 0.25) is 0 Å². The highest BCUT2D eigenvalue weighted by Gasteiger charge is 2.28. The number of carbonyl (C=O) groups excluding carboxylic acids is 1. The van der Waals surface area contributed by atoms with E-state index in [2.05, 4.69) is 15.9 Å². The zero-order valence-corrected chi connectivity index (χ0v) is 12.8. The van der Waals surface area contributed by atoms with Gasteiger partial charge < -0.3 is 14.7 Å². The summed E-state index contributed by atoms with van der Waals surface area (Å²) in [5, 5.41) is 9.00. The molecule has 0 aromatic heterocycles. The third kappa shape index (κ3) is 4.17. The molecule has 0 saturated carbocycles. The Hall–Kier alpha value is -1.63. The minimum absolute atomic E-state index is 0.198. The summed E-state index contributed by atoms with van der Waals surface area (Å²) < 4.78 is 18.7. The van der Waals surface area contributed by atoms with Crippen molar-refractivity contribution in [3.63, 3.8) is 0 Å². The van der Waals surface area contributed by atoms with Crippen LogP contribution in [0.25, 0.3) is 0 Å². The zero-order chi connectivity index (χ0) is 15.4. The third-order valence-corrected chi connectivity index (χ3v) is 3.99. The van der Waals surface area contributed by atoms with Gasteiger partial charge in [0, 0.05) is 13.1 Å². The van der Waals surface area contributed by atoms with Crippen LogP contribution in [0.5, 0.6) is 5.75 Å². The molecule has 2 rings (SSSR count). The number of rotatable bonds is 4. The van der Waals surface area contributed by atoms with Crippen LogP contribution >= 0.6 is 15.9 Å². The van der Waals surface area contributed by atoms with E-state index in [0.29, 0.717) is 29.6 Å². The maximum absolute atomic E-state index is 12.9. The van der Waals surface area contributed by atoms with Gasteiger partial charge in [-0.2, -0.15) is 0 Å². The summed E-state index contributed by atoms with van der Waals surface area (Å²) in [5.41, 5.74) is 0. The van der Waals surface area contributed by atoms with Crippen molar-refractivity contribution in [1.29, 1.82) is 0 Å². The molecule has 7 heteroatoms. The van der Waals surface area contributed by atoms with Crippen molar-refractivity contribution in [2.75, 3.05) is 19.7 Å². The summed E-state index contributed by atoms with van der Waals surface area (Å²) in [6.45, 7) is 0.551. The fourth-order valence-electron chi connectivity index (χ4n) is 2.23. The predicted molar refractivity (Wildman–Crippen MR) is 76.5 cm³/mol. The number of halogens is 2. The lowest BCUT2D eigenvalue weighted by molar-refractivity contribution is -0.146. The van der Waals surface area contributed by atoms with E-state index in [1.807, 2.05) is 0 Å². The van der Waals surface area contributed by atoms with Crippen molar-refractivity contribution in [3.05, 3.63) is 28.5 Å². The maximum atomic E-state index is 12.9. The molecule has 1 N–H and O–H groups in total. The predicted octanol–water partition coefficient (Wildman–Crippen LogP) is 2.29. The Morgan fingerprint density at radius 1 is 1.48 bits per heavy atom. The summed E-state index contributed by atoms with van der Waals surface area (Å²) in [5.74, 6) is -1.69. The molecule has 1 aliphatic rings. The third-order valence-electron chi connectivity index (χ3n) is 3.37. The first kappa shape index (κ1) is 15.8. The van der Waals surface area contributed by atoms with E-state index in [9.17, 15) is 14.0 Å². The minimum atomic E-state index is -0.880. The number of amides is 1. The highest BCUT2D eigenvalue weighted by molar-refractivity contribution is 9.10. The number of aliphatic carboxylic acids is 1. The number of benzene rings is 1. The normalized spacial score (nSPS) is 18.4. The molecule has 5 nitrogen and oxygen atoms in total. The molecule has 1 amide bonds. The molecule has 1 fully saturated rings. The summed E-state index contributed by atoms with van der Waals surface area (Å²) >= 11 is 3.15. The molecular weight excluding hydrogens is 345 g/mol. The van der Waals surface area contributed by atoms with E-state index >= 15 is 0 Å². The topological polar surface area (TPSA) is 66.8 Å². The summed E-state index contributed by atoms with van der Waals surface area (Å²) in [4.78, 5) is 24.5. The number of likely N-dealkylation sites (tertiary alicyclic amines) is 1. The van der Waals surface area contributed by atoms with Crippen LogP contribution in [-0.2, 0) is 9.59 Å². The highest BCUT2D eigenvalue weighted by Crippen LogP contribution is 2.25. The molecule has 21 heavy (non-hydrogen) atoms. The van der Waals surface area contributed by atoms with Crippen LogP contribution in [0.3, 0.4) is 0 Å². The Balaban J connectivity index is 1.90. The number of hydrogen-bond donors (Lipinski definition) is 1. The number of nitrogens with zero attached hydrogens (tertiary/aromatic N) is 1. The minimum Gasteiger partial charge on any atom is -0.483 e. The van der Waals surface area contributed by atoms with Gasteiger partial charge in [0.05, 0.1) is 10.4 Å². The molecule has 0 radical (unpaired) electrons. The molecule has 0 unspecified atom stereocenters. The first-order valence-corrected chi connectivity index (χ1v) is 7.35. The molecule has 1 aromatic rings. The zero-order valence-electron chi connectivity index (χ0n) is 11.2. The van der Waals surface area contributed by atoms with Crippen LogP contribution in [0.4, 0.5) is 4.39 Å². The Morgan fingerprint density at radius 2 is 2.24 bits per heavy atom. The number of hydrogen-bond acceptors (Lipinski definition) is 3. The monoisotopic (exact) mass is 359 g/mol. The molecule has 1 aliphatic heterocycles. The molecule has 114 valence electrons. The average molecular weight is 360 g/mol. The lowest BCUT2D eigenvalue weighted by Crippen LogP contribution is -2.44. The van der Waals surface area contributed by atoms with Gasteiger partial charge in [-0.25, -0.2) is 4.39 Å². The first-order valence-electron chi connectivity index (χ1n) is 6.56. The maximum Gasteiger partial charge on any atom is 0.308 e. The van der Waals surface area contributed by atoms with Gasteiger partial charge in [-0.05, 0) is 47.0 Å². The van der Waals surface area contributed by atoms with Gasteiger partial charge in [0.15, 0.2) is 6.61 Å². The van der Waals surface area contributed by atoms with E-state index < -0.39 is 17.7 Å². The second kappa shape index (κ2) is 6.89. The van der Waals surface area contributed by atoms with E-state index in [1.54, 1.807) is 0 Å². The van der Waals surface area contributed by atoms with Gasteiger partial charge in [-0.1, -0.05) is 0 Å². The fraction of sp³-hybridized carbons (Fsp3) is 0.429. The molecule has 1 heterocycles. The Bertz CT molecular complexity index is 552. The average Bonchev–Trinajstić information content (AvgIpc) is 2.46. The van der Waals surface area contributed by atoms with Crippen LogP contribution in [0.1, 0.15) is 12.8 Å². The van der Waals surface area contributed by atoms with Gasteiger partial charge >= 0.3 is 5.97 Å². The number of carboxylic acids is 1. The SMILES string of the molecule is O=C(O)[C@@H]1CCCN(C(=O)COc2ccc(F)cc2Br)C1. The van der Waals surface area contributed by atoms with Gasteiger partial charge in [0.1, 0.15) is 11.6 Å². The largest absolute Gasteiger partial charge is 0.483 e. The molecule has 0 spiro atoms. The van der Waals surface area contributed by atoms with Gasteiger partial charge in [0.25, 0.3) is 5.91 Å². The molecule has 0 bridgehead atoms. The van der Waals surface area contributed by atoms with Gasteiger partial charge in [-0.3, -0.25) is 9.59 Å². The number of carbonyl (C=O) groups is 2. The quantitative estimate of drug-likeness (QED) is 0.895. The molecule has 1 atom stereocenters. The van der Waals surface area contributed by atoms with Crippen LogP contribution in [0, 0.1) is 11.7 Å². The lowest BCUT2D eigenvalue weighted by atomic mass is 9.98. The van der Waals surface area contributed by atoms with Crippen LogP contribution in [0.15, 0.2) is 22.7 Å². The first-order chi connectivity index (χ1) is 9.97. The fourth-order valence-corrected chi connectivity index (χ4v) is 2.69. The highest BCUT2D eigenvalue weighted by atomic mass is 79.9. The van der Waals surface area contributed by atoms with Crippen molar-refractivity contribution in [2.24, 2.45) is 5.92 Å². The second-order valence-electron chi connectivity index (χ2n) is 4.88. The van der Waals surface area contributed by atoms with Crippen LogP contribution in [0.2, 0.25) is 0 Å². The molecule has 1 aromatic carbocycles. The smallest absolute Gasteiger partial charge is 0.308 e. The summed E-state index contributed by atoms with van der Waals surface area (Å²) in [6, 6.07) is 3.93. The molecule has 1 saturated heterocycles. The number of ether oxygens (including phenoxy) is 1. The Kier molecular flexibility index (Phi) is 5.17. The second-order valence-corrected chi connectivity index (χ2v) is 5.73. The molecular formula is C14H15BrFNO4. The lowest BCUT2D eigenvalue weighted by Gasteiger charge is -2.30. The summed E-state index contributed by atoms with van der Waals surface area (Å²) in [7, 11) is 0. The number of piperidine rings is 1. The van der Waals surface area contributed by atoms with Crippen LogP contribution < -0.4 is 4.74 Å². The van der Waals surface area contributed by atoms with Crippen molar-refractivity contribution in [3.8, 4) is 5.75 Å². The van der Waals surface area contributed by atoms with Gasteiger partial charge in [-0.15, -0.1) is 0 Å². The molecule has 0 aliphatic carbocycles. The van der Waals surface area contributed by atoms with Crippen molar-refractivity contribution >= 4 is 27.8 Å². The number of carboxylic acid groups (broad SMARTS) is 1. The van der Waals surface area contributed by atoms with Crippen molar-refractivity contribution in [1.82, 2.24) is 4.90 Å². The van der Waals surface area contributed by atoms with E-state index in [-0.39, 0.29) is 19.1 Å². The Labute approximate surface area is 129 Å². The Morgan fingerprint density at radius 3 is 2.90 bits per heavy atom. The summed E-state index contributed by atoms with van der Waals surface area (Å²) in [6.07, 6.45) is 1.26. The van der Waals surface area contributed by atoms with Crippen molar-refractivity contribution in [2.45, 2.75) is 12.8 Å². The van der Waals surface area contributed by atoms with E-state index in [1.165, 1.54) is 23.1 Å². The van der Waals surface area contributed by atoms with E-state index in [0.717, 1.165) is 0 Å². The van der Waals surface area contributed by atoms with E-state index in [4.69, 9.17) is 9.84 Å². The standard InChI is InChI=1S/C14H15BrFNO4/c15-11-6-10(16)3-4-12(11)21-8-13(18)17-5-1-2-9(7-17)14(19)20/h3-4,6,9H,1-2,5,7-8H2,(H,19,20)/t9-/m1/s1. The van der Waals surface area contributed by atoms with Crippen LogP contribution in [-0.4, -0.2) is 41.6 Å².